The van der Waals surface area contributed by atoms with Crippen molar-refractivity contribution in [1.82, 2.24) is 0 Å². The molecule has 0 bridgehead atoms. The summed E-state index contributed by atoms with van der Waals surface area (Å²) in [5, 5.41) is 0. The predicted octanol–water partition coefficient (Wildman–Crippen LogP) is 3.98. The molecule has 0 aliphatic heterocycles. The van der Waals surface area contributed by atoms with Crippen molar-refractivity contribution < 1.29 is 43.9 Å². The number of hydrogen-bond donors (Lipinski definition) is 0. The van der Waals surface area contributed by atoms with Gasteiger partial charge in [-0.2, -0.15) is 30.7 Å². The van der Waals surface area contributed by atoms with Crippen molar-refractivity contribution in [2.45, 2.75) is 30.6 Å². The minimum Gasteiger partial charge on any atom is -0.234 e. The second-order valence-corrected chi connectivity index (χ2v) is 2.80. The quantitative estimate of drug-likeness (QED) is 0.674. The molecule has 0 aliphatic rings. The summed E-state index contributed by atoms with van der Waals surface area (Å²) in [4.78, 5) is 0. The van der Waals surface area contributed by atoms with Crippen LogP contribution < -0.4 is 0 Å². The van der Waals surface area contributed by atoms with Crippen molar-refractivity contribution in [3.05, 3.63) is 6.43 Å². The van der Waals surface area contributed by atoms with Crippen LogP contribution in [0, 0.1) is 6.43 Å². The highest BCUT2D eigenvalue weighted by molar-refractivity contribution is 4.98. The van der Waals surface area contributed by atoms with E-state index in [4.69, 9.17) is 0 Å². The van der Waals surface area contributed by atoms with Gasteiger partial charge in [-0.05, 0) is 0 Å². The Balaban J connectivity index is 4.89. The first-order valence-corrected chi connectivity index (χ1v) is 3.45. The standard InChI is InChI=1S/C6H3F10/c7-2(6(15,16)3(8)9)4(10,11)1-5(12,13)14/h2H,1H2. The Kier molecular flexibility index (Phi) is 4.10. The van der Waals surface area contributed by atoms with E-state index >= 15 is 0 Å². The van der Waals surface area contributed by atoms with Crippen LogP contribution in [0.2, 0.25) is 0 Å². The van der Waals surface area contributed by atoms with Gasteiger partial charge in [0.05, 0.1) is 0 Å². The molecule has 0 saturated heterocycles. The van der Waals surface area contributed by atoms with Gasteiger partial charge >= 0.3 is 18.5 Å². The van der Waals surface area contributed by atoms with Gasteiger partial charge in [0.25, 0.3) is 5.92 Å². The summed E-state index contributed by atoms with van der Waals surface area (Å²) in [6.07, 6.45) is -17.9. The lowest BCUT2D eigenvalue weighted by molar-refractivity contribution is -0.244. The van der Waals surface area contributed by atoms with Crippen LogP contribution in [0.15, 0.2) is 0 Å². The number of hydrogen-bond acceptors (Lipinski definition) is 0. The van der Waals surface area contributed by atoms with Crippen LogP contribution in [0.5, 0.6) is 0 Å². The second-order valence-electron chi connectivity index (χ2n) is 2.80. The molecule has 16 heavy (non-hydrogen) atoms. The molecule has 0 aromatic carbocycles. The van der Waals surface area contributed by atoms with Crippen molar-refractivity contribution in [2.75, 3.05) is 0 Å². The zero-order chi connectivity index (χ0) is 13.4. The zero-order valence-electron chi connectivity index (χ0n) is 7.06. The third kappa shape index (κ3) is 3.71. The molecule has 0 nitrogen and oxygen atoms in total. The Morgan fingerprint density at radius 2 is 1.25 bits per heavy atom. The summed E-state index contributed by atoms with van der Waals surface area (Å²) in [5.41, 5.74) is 0. The van der Waals surface area contributed by atoms with Gasteiger partial charge in [-0.25, -0.2) is 13.2 Å². The van der Waals surface area contributed by atoms with E-state index in [0.717, 1.165) is 0 Å². The van der Waals surface area contributed by atoms with E-state index in [0.29, 0.717) is 0 Å². The smallest absolute Gasteiger partial charge is 0.234 e. The van der Waals surface area contributed by atoms with E-state index in [1.807, 2.05) is 0 Å². The van der Waals surface area contributed by atoms with Crippen molar-refractivity contribution >= 4 is 0 Å². The van der Waals surface area contributed by atoms with Gasteiger partial charge in [0, 0.05) is 0 Å². The Morgan fingerprint density at radius 3 is 1.50 bits per heavy atom. The van der Waals surface area contributed by atoms with Gasteiger partial charge in [-0.3, -0.25) is 0 Å². The lowest BCUT2D eigenvalue weighted by atomic mass is 10.0. The Labute approximate surface area is 82.2 Å². The highest BCUT2D eigenvalue weighted by atomic mass is 19.4. The molecule has 0 aromatic heterocycles. The van der Waals surface area contributed by atoms with E-state index in [9.17, 15) is 43.9 Å². The molecular weight excluding hydrogens is 262 g/mol. The van der Waals surface area contributed by atoms with E-state index in [-0.39, 0.29) is 0 Å². The van der Waals surface area contributed by atoms with Gasteiger partial charge in [0.1, 0.15) is 6.42 Å². The molecule has 97 valence electrons. The van der Waals surface area contributed by atoms with Crippen LogP contribution in [0.4, 0.5) is 43.9 Å². The monoisotopic (exact) mass is 265 g/mol. The van der Waals surface area contributed by atoms with Crippen molar-refractivity contribution in [1.29, 1.82) is 0 Å². The summed E-state index contributed by atoms with van der Waals surface area (Å²) >= 11 is 0. The van der Waals surface area contributed by atoms with Crippen LogP contribution in [0.3, 0.4) is 0 Å². The maximum Gasteiger partial charge on any atom is 0.394 e. The SMILES string of the molecule is F[C](F)C(F)(F)C(F)C(F)(F)CC(F)(F)F. The maximum atomic E-state index is 12.2. The van der Waals surface area contributed by atoms with Gasteiger partial charge < -0.3 is 0 Å². The summed E-state index contributed by atoms with van der Waals surface area (Å²) in [6.45, 7) is 0. The molecule has 1 atom stereocenters. The number of halogens is 10. The summed E-state index contributed by atoms with van der Waals surface area (Å²) < 4.78 is 118. The van der Waals surface area contributed by atoms with Gasteiger partial charge in [-0.15, -0.1) is 0 Å². The topological polar surface area (TPSA) is 0 Å². The minimum atomic E-state index is -5.92. The molecular formula is C6H3F10. The molecule has 0 aromatic rings. The number of rotatable bonds is 4. The Morgan fingerprint density at radius 1 is 0.875 bits per heavy atom. The van der Waals surface area contributed by atoms with Gasteiger partial charge in [0.2, 0.25) is 6.17 Å². The molecule has 10 heteroatoms. The summed E-state index contributed by atoms with van der Waals surface area (Å²) in [7, 11) is 0. The minimum absolute atomic E-state index is 3.25. The highest BCUT2D eigenvalue weighted by Crippen LogP contribution is 2.45. The lowest BCUT2D eigenvalue weighted by Gasteiger charge is -2.26. The maximum absolute atomic E-state index is 12.2. The first kappa shape index (κ1) is 15.3. The highest BCUT2D eigenvalue weighted by Gasteiger charge is 2.64. The second kappa shape index (κ2) is 4.28. The van der Waals surface area contributed by atoms with Crippen LogP contribution >= 0.6 is 0 Å². The summed E-state index contributed by atoms with van der Waals surface area (Å²) in [5.74, 6) is -11.6. The van der Waals surface area contributed by atoms with Crippen LogP contribution in [0.1, 0.15) is 6.42 Å². The third-order valence-electron chi connectivity index (χ3n) is 1.38. The molecule has 0 rings (SSSR count). The average molecular weight is 265 g/mol. The number of alkyl halides is 8. The molecule has 0 heterocycles. The fraction of sp³-hybridized carbons (Fsp3) is 0.833. The lowest BCUT2D eigenvalue weighted by Crippen LogP contribution is -2.48. The van der Waals surface area contributed by atoms with Crippen LogP contribution in [-0.4, -0.2) is 24.2 Å². The Bertz CT molecular complexity index is 228. The van der Waals surface area contributed by atoms with Gasteiger partial charge in [0.15, 0.2) is 0 Å². The van der Waals surface area contributed by atoms with Crippen LogP contribution in [0.25, 0.3) is 0 Å². The fourth-order valence-electron chi connectivity index (χ4n) is 0.718. The third-order valence-corrected chi connectivity index (χ3v) is 1.38. The van der Waals surface area contributed by atoms with E-state index in [1.54, 1.807) is 0 Å². The van der Waals surface area contributed by atoms with E-state index in [1.165, 1.54) is 0 Å². The fourth-order valence-corrected chi connectivity index (χ4v) is 0.718. The average Bonchev–Trinajstić information content (AvgIpc) is 1.97. The first-order chi connectivity index (χ1) is 6.81. The van der Waals surface area contributed by atoms with Crippen molar-refractivity contribution in [2.24, 2.45) is 0 Å². The molecule has 1 radical (unpaired) electrons. The van der Waals surface area contributed by atoms with E-state index < -0.39 is 37.0 Å². The van der Waals surface area contributed by atoms with E-state index in [2.05, 4.69) is 0 Å². The first-order valence-electron chi connectivity index (χ1n) is 3.45. The molecule has 0 N–H and O–H groups in total. The molecule has 0 amide bonds. The predicted molar refractivity (Wildman–Crippen MR) is 30.9 cm³/mol. The van der Waals surface area contributed by atoms with Crippen LogP contribution in [-0.2, 0) is 0 Å². The normalized spacial score (nSPS) is 16.7. The van der Waals surface area contributed by atoms with Crippen molar-refractivity contribution in [3.8, 4) is 0 Å². The zero-order valence-corrected chi connectivity index (χ0v) is 7.06. The molecule has 0 spiro atoms. The largest absolute Gasteiger partial charge is 0.394 e. The van der Waals surface area contributed by atoms with Crippen molar-refractivity contribution in [3.63, 3.8) is 0 Å². The molecule has 0 fully saturated rings. The Hall–Kier alpha value is -0.700. The molecule has 0 aliphatic carbocycles. The molecule has 1 unspecified atom stereocenters. The van der Waals surface area contributed by atoms with Gasteiger partial charge in [-0.1, -0.05) is 0 Å². The molecule has 0 saturated carbocycles. The summed E-state index contributed by atoms with van der Waals surface area (Å²) in [6, 6.07) is 0.